The van der Waals surface area contributed by atoms with E-state index in [2.05, 4.69) is 39.9 Å². The van der Waals surface area contributed by atoms with Crippen LogP contribution in [-0.4, -0.2) is 64.8 Å². The molecule has 0 amide bonds. The molecular weight excluding hydrogens is 388 g/mol. The molecule has 8 heteroatoms. The van der Waals surface area contributed by atoms with Gasteiger partial charge in [-0.2, -0.15) is 0 Å². The van der Waals surface area contributed by atoms with Crippen molar-refractivity contribution < 1.29 is 13.2 Å². The Morgan fingerprint density at radius 3 is 2.41 bits per heavy atom. The van der Waals surface area contributed by atoms with Crippen LogP contribution in [0.4, 0.5) is 0 Å². The van der Waals surface area contributed by atoms with Gasteiger partial charge in [0, 0.05) is 33.2 Å². The topological polar surface area (TPSA) is 83.0 Å². The minimum atomic E-state index is -3.13. The molecule has 0 fully saturated rings. The Balaban J connectivity index is 1.62. The Morgan fingerprint density at radius 1 is 1.07 bits per heavy atom. The van der Waals surface area contributed by atoms with Gasteiger partial charge in [-0.3, -0.25) is 4.99 Å². The zero-order chi connectivity index (χ0) is 21.1. The second-order valence-electron chi connectivity index (χ2n) is 6.74. The third-order valence-corrected chi connectivity index (χ3v) is 5.90. The molecule has 0 bridgehead atoms. The van der Waals surface area contributed by atoms with Crippen LogP contribution in [0.25, 0.3) is 10.8 Å². The lowest BCUT2D eigenvalue weighted by Gasteiger charge is -2.18. The summed E-state index contributed by atoms with van der Waals surface area (Å²) < 4.78 is 30.5. The summed E-state index contributed by atoms with van der Waals surface area (Å²) in [5, 5.41) is 8.83. The average molecular weight is 421 g/mol. The smallest absolute Gasteiger partial charge is 0.211 e. The van der Waals surface area contributed by atoms with Crippen molar-refractivity contribution in [2.45, 2.75) is 19.8 Å². The van der Waals surface area contributed by atoms with Crippen LogP contribution in [0, 0.1) is 0 Å². The van der Waals surface area contributed by atoms with Gasteiger partial charge < -0.3 is 15.4 Å². The molecule has 2 N–H and O–H groups in total. The highest BCUT2D eigenvalue weighted by molar-refractivity contribution is 7.88. The maximum absolute atomic E-state index is 11.6. The predicted molar refractivity (Wildman–Crippen MR) is 120 cm³/mol. The van der Waals surface area contributed by atoms with Crippen molar-refractivity contribution in [2.75, 3.05) is 46.1 Å². The Kier molecular flexibility index (Phi) is 9.21. The van der Waals surface area contributed by atoms with Crippen molar-refractivity contribution >= 4 is 26.8 Å². The fourth-order valence-electron chi connectivity index (χ4n) is 2.97. The predicted octanol–water partition coefficient (Wildman–Crippen LogP) is 2.45. The Labute approximate surface area is 174 Å². The van der Waals surface area contributed by atoms with Crippen molar-refractivity contribution in [1.82, 2.24) is 14.9 Å². The molecule has 0 saturated carbocycles. The van der Waals surface area contributed by atoms with Crippen LogP contribution in [0.15, 0.2) is 47.5 Å². The van der Waals surface area contributed by atoms with Gasteiger partial charge >= 0.3 is 0 Å². The summed E-state index contributed by atoms with van der Waals surface area (Å²) in [5.74, 6) is 1.58. The van der Waals surface area contributed by atoms with E-state index in [1.165, 1.54) is 21.3 Å². The lowest BCUT2D eigenvalue weighted by atomic mass is 10.1. The average Bonchev–Trinajstić information content (AvgIpc) is 2.70. The van der Waals surface area contributed by atoms with Gasteiger partial charge in [0.2, 0.25) is 10.0 Å². The van der Waals surface area contributed by atoms with E-state index in [9.17, 15) is 8.42 Å². The lowest BCUT2D eigenvalue weighted by Crippen LogP contribution is -2.40. The SMILES string of the molecule is CCN(CCCNC(=NC)NCCCOc1ccc2ccccc2c1)S(C)(=O)=O. The minimum absolute atomic E-state index is 0.489. The number of ether oxygens (including phenoxy) is 1. The van der Waals surface area contributed by atoms with E-state index in [0.717, 1.165) is 18.7 Å². The molecule has 0 aliphatic heterocycles. The molecule has 0 aromatic heterocycles. The monoisotopic (exact) mass is 420 g/mol. The highest BCUT2D eigenvalue weighted by Crippen LogP contribution is 2.20. The van der Waals surface area contributed by atoms with E-state index in [4.69, 9.17) is 4.74 Å². The lowest BCUT2D eigenvalue weighted by molar-refractivity contribution is 0.311. The fourth-order valence-corrected chi connectivity index (χ4v) is 3.90. The van der Waals surface area contributed by atoms with Gasteiger partial charge in [-0.25, -0.2) is 12.7 Å². The number of guanidine groups is 1. The zero-order valence-electron chi connectivity index (χ0n) is 17.5. The molecule has 0 atom stereocenters. The normalized spacial score (nSPS) is 12.3. The molecule has 0 spiro atoms. The molecule has 0 saturated heterocycles. The number of hydrogen-bond acceptors (Lipinski definition) is 4. The summed E-state index contributed by atoms with van der Waals surface area (Å²) >= 11 is 0. The number of sulfonamides is 1. The van der Waals surface area contributed by atoms with Crippen LogP contribution in [0.3, 0.4) is 0 Å². The summed E-state index contributed by atoms with van der Waals surface area (Å²) in [6, 6.07) is 14.3. The van der Waals surface area contributed by atoms with E-state index < -0.39 is 10.0 Å². The molecule has 160 valence electrons. The van der Waals surface area contributed by atoms with Crippen LogP contribution >= 0.6 is 0 Å². The van der Waals surface area contributed by atoms with E-state index >= 15 is 0 Å². The molecule has 0 unspecified atom stereocenters. The number of benzene rings is 2. The molecule has 2 rings (SSSR count). The van der Waals surface area contributed by atoms with E-state index in [-0.39, 0.29) is 0 Å². The largest absolute Gasteiger partial charge is 0.494 e. The van der Waals surface area contributed by atoms with Crippen molar-refractivity contribution in [3.63, 3.8) is 0 Å². The third kappa shape index (κ3) is 7.91. The molecule has 0 heterocycles. The van der Waals surface area contributed by atoms with Gasteiger partial charge in [-0.1, -0.05) is 37.3 Å². The number of nitrogens with zero attached hydrogens (tertiary/aromatic N) is 2. The quantitative estimate of drug-likeness (QED) is 0.331. The van der Waals surface area contributed by atoms with Crippen LogP contribution in [0.2, 0.25) is 0 Å². The van der Waals surface area contributed by atoms with Gasteiger partial charge in [-0.15, -0.1) is 0 Å². The van der Waals surface area contributed by atoms with Crippen LogP contribution in [0.5, 0.6) is 5.75 Å². The first kappa shape index (κ1) is 23.0. The number of fused-ring (bicyclic) bond motifs is 1. The number of aliphatic imine (C=N–C) groups is 1. The molecule has 0 aliphatic carbocycles. The number of hydrogen-bond donors (Lipinski definition) is 2. The Hall–Kier alpha value is -2.32. The summed E-state index contributed by atoms with van der Waals surface area (Å²) in [6.45, 7) is 4.83. The highest BCUT2D eigenvalue weighted by Gasteiger charge is 2.13. The zero-order valence-corrected chi connectivity index (χ0v) is 18.3. The van der Waals surface area contributed by atoms with Gasteiger partial charge in [0.25, 0.3) is 0 Å². The maximum Gasteiger partial charge on any atom is 0.211 e. The molecular formula is C21H32N4O3S. The Bertz CT molecular complexity index is 900. The van der Waals surface area contributed by atoms with Gasteiger partial charge in [-0.05, 0) is 35.7 Å². The fraction of sp³-hybridized carbons (Fsp3) is 0.476. The first-order chi connectivity index (χ1) is 13.9. The second kappa shape index (κ2) is 11.6. The van der Waals surface area contributed by atoms with Gasteiger partial charge in [0.05, 0.1) is 12.9 Å². The second-order valence-corrected chi connectivity index (χ2v) is 8.73. The van der Waals surface area contributed by atoms with E-state index in [1.54, 1.807) is 7.05 Å². The highest BCUT2D eigenvalue weighted by atomic mass is 32.2. The maximum atomic E-state index is 11.6. The van der Waals surface area contributed by atoms with Crippen molar-refractivity contribution in [2.24, 2.45) is 4.99 Å². The van der Waals surface area contributed by atoms with Crippen LogP contribution in [-0.2, 0) is 10.0 Å². The summed E-state index contributed by atoms with van der Waals surface area (Å²) in [4.78, 5) is 4.19. The molecule has 7 nitrogen and oxygen atoms in total. The van der Waals surface area contributed by atoms with E-state index in [1.807, 2.05) is 25.1 Å². The van der Waals surface area contributed by atoms with Gasteiger partial charge in [0.15, 0.2) is 5.96 Å². The summed E-state index contributed by atoms with van der Waals surface area (Å²) in [6.07, 6.45) is 2.79. The standard InChI is InChI=1S/C21H32N4O3S/c1-4-25(29(3,26)27)15-7-13-23-21(22-2)24-14-8-16-28-20-12-11-18-9-5-6-10-19(18)17-20/h5-6,9-12,17H,4,7-8,13-16H2,1-3H3,(H2,22,23,24). The number of nitrogens with one attached hydrogen (secondary N) is 2. The molecule has 0 aliphatic rings. The molecule has 0 radical (unpaired) electrons. The summed E-state index contributed by atoms with van der Waals surface area (Å²) in [7, 11) is -1.41. The third-order valence-electron chi connectivity index (χ3n) is 4.53. The van der Waals surface area contributed by atoms with Gasteiger partial charge in [0.1, 0.15) is 5.75 Å². The molecule has 2 aromatic carbocycles. The summed E-state index contributed by atoms with van der Waals surface area (Å²) in [5.41, 5.74) is 0. The minimum Gasteiger partial charge on any atom is -0.494 e. The van der Waals surface area contributed by atoms with Crippen LogP contribution in [0.1, 0.15) is 19.8 Å². The number of rotatable bonds is 11. The molecule has 2 aromatic rings. The molecule has 29 heavy (non-hydrogen) atoms. The van der Waals surface area contributed by atoms with Crippen molar-refractivity contribution in [3.05, 3.63) is 42.5 Å². The van der Waals surface area contributed by atoms with Crippen molar-refractivity contribution in [1.29, 1.82) is 0 Å². The Morgan fingerprint density at radius 2 is 1.76 bits per heavy atom. The first-order valence-electron chi connectivity index (χ1n) is 9.95. The first-order valence-corrected chi connectivity index (χ1v) is 11.8. The van der Waals surface area contributed by atoms with E-state index in [0.29, 0.717) is 38.6 Å². The van der Waals surface area contributed by atoms with Crippen molar-refractivity contribution in [3.8, 4) is 5.75 Å². The van der Waals surface area contributed by atoms with Crippen LogP contribution < -0.4 is 15.4 Å².